The first kappa shape index (κ1) is 12.3. The van der Waals surface area contributed by atoms with Crippen LogP contribution in [0.2, 0.25) is 0 Å². The Kier molecular flexibility index (Phi) is 17.6. The van der Waals surface area contributed by atoms with E-state index in [1.807, 2.05) is 6.92 Å². The van der Waals surface area contributed by atoms with Crippen molar-refractivity contribution in [3.05, 3.63) is 0 Å². The van der Waals surface area contributed by atoms with Crippen LogP contribution in [0.1, 0.15) is 13.3 Å². The molecule has 0 aromatic heterocycles. The smallest absolute Gasteiger partial charge is 0.556 e. The van der Waals surface area contributed by atoms with Gasteiger partial charge in [0, 0.05) is 0 Å². The minimum Gasteiger partial charge on any atom is -0.854 e. The Labute approximate surface area is 75.2 Å². The number of rotatable bonds is 1. The Morgan fingerprint density at radius 1 is 1.38 bits per heavy atom. The lowest BCUT2D eigenvalue weighted by Crippen LogP contribution is -2.01. The van der Waals surface area contributed by atoms with Crippen LogP contribution in [0.15, 0.2) is 0 Å². The molecule has 0 radical (unpaired) electrons. The van der Waals surface area contributed by atoms with E-state index in [1.165, 1.54) is 0 Å². The molecule has 0 spiro atoms. The van der Waals surface area contributed by atoms with E-state index in [4.69, 9.17) is 0 Å². The molecule has 1 nitrogen and oxygen atoms in total. The van der Waals surface area contributed by atoms with Gasteiger partial charge in [-0.1, -0.05) is 13.3 Å². The second-order valence-electron chi connectivity index (χ2n) is 0.918. The molecule has 0 aliphatic carbocycles. The van der Waals surface area contributed by atoms with Gasteiger partial charge in [0.2, 0.25) is 0 Å². The standard InChI is InChI=1S/C3H7O.Br3Si/c1-2-3-4;1-4(2)3/h2-3H2,1H3;/q-1;+1. The minimum atomic E-state index is -0.442. The average Bonchev–Trinajstić information content (AvgIpc) is 1.65. The highest BCUT2D eigenvalue weighted by atomic mass is 80.0. The topological polar surface area (TPSA) is 23.1 Å². The van der Waals surface area contributed by atoms with Crippen LogP contribution >= 0.6 is 45.9 Å². The predicted molar refractivity (Wildman–Crippen MR) is 47.7 cm³/mol. The normalized spacial score (nSPS) is 7.12. The van der Waals surface area contributed by atoms with Gasteiger partial charge in [-0.3, -0.25) is 0 Å². The summed E-state index contributed by atoms with van der Waals surface area (Å²) in [6.45, 7) is 1.94. The van der Waals surface area contributed by atoms with Gasteiger partial charge in [-0.25, -0.2) is 0 Å². The van der Waals surface area contributed by atoms with Gasteiger partial charge < -0.3 is 5.11 Å². The summed E-state index contributed by atoms with van der Waals surface area (Å²) in [7, 11) is 0. The van der Waals surface area contributed by atoms with Gasteiger partial charge in [0.05, 0.1) is 0 Å². The van der Waals surface area contributed by atoms with Crippen molar-refractivity contribution >= 4 is 50.5 Å². The van der Waals surface area contributed by atoms with Crippen LogP contribution in [0.5, 0.6) is 0 Å². The number of hydrogen-bond acceptors (Lipinski definition) is 1. The van der Waals surface area contributed by atoms with Crippen LogP contribution in [0.4, 0.5) is 0 Å². The quantitative estimate of drug-likeness (QED) is 0.533. The molecular formula is C3H7Br3OSi. The maximum absolute atomic E-state index is 9.30. The molecule has 0 rings (SSSR count). The Morgan fingerprint density at radius 2 is 1.50 bits per heavy atom. The van der Waals surface area contributed by atoms with E-state index in [2.05, 4.69) is 45.9 Å². The van der Waals surface area contributed by atoms with E-state index in [9.17, 15) is 5.11 Å². The zero-order valence-corrected chi connectivity index (χ0v) is 10.2. The molecule has 0 saturated heterocycles. The molecule has 0 bridgehead atoms. The molecule has 0 aromatic rings. The molecule has 0 heterocycles. The fourth-order valence-electron chi connectivity index (χ4n) is 0. The van der Waals surface area contributed by atoms with Gasteiger partial charge in [-0.15, -0.1) is 6.61 Å². The molecule has 0 aliphatic heterocycles. The van der Waals surface area contributed by atoms with Crippen LogP contribution in [0, 0.1) is 0 Å². The summed E-state index contributed by atoms with van der Waals surface area (Å²) in [6.07, 6.45) is 0.764. The fraction of sp³-hybridized carbons (Fsp3) is 1.00. The summed E-state index contributed by atoms with van der Waals surface area (Å²) in [5.74, 6) is 0. The zero-order valence-electron chi connectivity index (χ0n) is 4.46. The first-order valence-electron chi connectivity index (χ1n) is 2.06. The maximum Gasteiger partial charge on any atom is 0.556 e. The van der Waals surface area contributed by atoms with E-state index >= 15 is 0 Å². The van der Waals surface area contributed by atoms with E-state index in [0.29, 0.717) is 0 Å². The van der Waals surface area contributed by atoms with Gasteiger partial charge in [0.25, 0.3) is 0 Å². The summed E-state index contributed by atoms with van der Waals surface area (Å²) in [4.78, 5) is 0. The Morgan fingerprint density at radius 3 is 1.50 bits per heavy atom. The van der Waals surface area contributed by atoms with Crippen molar-refractivity contribution in [3.63, 3.8) is 0 Å². The lowest BCUT2D eigenvalue weighted by molar-refractivity contribution is -0.367. The number of halogens is 3. The van der Waals surface area contributed by atoms with Crippen molar-refractivity contribution in [1.29, 1.82) is 0 Å². The van der Waals surface area contributed by atoms with Crippen molar-refractivity contribution in [3.8, 4) is 0 Å². The van der Waals surface area contributed by atoms with Crippen molar-refractivity contribution in [2.45, 2.75) is 13.3 Å². The monoisotopic (exact) mass is 324 g/mol. The summed E-state index contributed by atoms with van der Waals surface area (Å²) < 4.78 is -0.442. The van der Waals surface area contributed by atoms with Gasteiger partial charge in [-0.2, -0.15) is 0 Å². The van der Waals surface area contributed by atoms with E-state index in [1.54, 1.807) is 0 Å². The van der Waals surface area contributed by atoms with Crippen molar-refractivity contribution < 1.29 is 5.11 Å². The van der Waals surface area contributed by atoms with Crippen LogP contribution in [0.25, 0.3) is 0 Å². The fourth-order valence-corrected chi connectivity index (χ4v) is 0. The third-order valence-electron chi connectivity index (χ3n) is 0.204. The van der Waals surface area contributed by atoms with Crippen LogP contribution in [-0.2, 0) is 0 Å². The van der Waals surface area contributed by atoms with Gasteiger partial charge >= 0.3 is 4.65 Å². The highest BCUT2D eigenvalue weighted by Crippen LogP contribution is 2.07. The molecule has 0 saturated carbocycles. The predicted octanol–water partition coefficient (Wildman–Crippen LogP) is 1.91. The van der Waals surface area contributed by atoms with Crippen LogP contribution in [-0.4, -0.2) is 11.3 Å². The average molecular weight is 327 g/mol. The highest BCUT2D eigenvalue weighted by molar-refractivity contribution is 9.69. The van der Waals surface area contributed by atoms with Crippen molar-refractivity contribution in [2.24, 2.45) is 0 Å². The largest absolute Gasteiger partial charge is 0.854 e. The van der Waals surface area contributed by atoms with Gasteiger partial charge in [0.1, 0.15) is 45.9 Å². The number of hydrogen-bond donors (Lipinski definition) is 0. The second kappa shape index (κ2) is 11.4. The Hall–Kier alpha value is 1.62. The summed E-state index contributed by atoms with van der Waals surface area (Å²) in [6, 6.07) is 0. The Bertz CT molecular complexity index is 31.0. The lowest BCUT2D eigenvalue weighted by Gasteiger charge is -1.89. The third-order valence-corrected chi connectivity index (χ3v) is 0.204. The van der Waals surface area contributed by atoms with E-state index < -0.39 is 4.65 Å². The highest BCUT2D eigenvalue weighted by Gasteiger charge is 2.10. The molecule has 50 valence electrons. The molecule has 5 heteroatoms. The summed E-state index contributed by atoms with van der Waals surface area (Å²) in [5.41, 5.74) is 0. The Balaban J connectivity index is 0. The molecule has 8 heavy (non-hydrogen) atoms. The second-order valence-corrected chi connectivity index (χ2v) is 18.1. The minimum absolute atomic E-state index is 0.0694. The molecule has 0 N–H and O–H groups in total. The van der Waals surface area contributed by atoms with Gasteiger partial charge in [-0.05, 0) is 0 Å². The summed E-state index contributed by atoms with van der Waals surface area (Å²) >= 11 is 9.62. The van der Waals surface area contributed by atoms with Crippen molar-refractivity contribution in [2.75, 3.05) is 6.61 Å². The van der Waals surface area contributed by atoms with Crippen LogP contribution < -0.4 is 5.11 Å². The first-order valence-corrected chi connectivity index (χ1v) is 10.3. The SMILES string of the molecule is Br[Si+](Br)Br.CCC[O-]. The van der Waals surface area contributed by atoms with E-state index in [0.717, 1.165) is 6.42 Å². The molecule has 0 unspecified atom stereocenters. The third kappa shape index (κ3) is 48.7. The molecular weight excluding hydrogens is 320 g/mol. The van der Waals surface area contributed by atoms with E-state index in [-0.39, 0.29) is 6.61 Å². The van der Waals surface area contributed by atoms with Gasteiger partial charge in [0.15, 0.2) is 0 Å². The summed E-state index contributed by atoms with van der Waals surface area (Å²) in [5, 5.41) is 9.30. The van der Waals surface area contributed by atoms with Crippen molar-refractivity contribution in [1.82, 2.24) is 0 Å². The molecule has 0 aliphatic rings. The lowest BCUT2D eigenvalue weighted by atomic mass is 10.5. The maximum atomic E-state index is 9.30. The molecule has 0 fully saturated rings. The first-order chi connectivity index (χ1) is 3.65. The molecule has 0 amide bonds. The van der Waals surface area contributed by atoms with Crippen LogP contribution in [0.3, 0.4) is 0 Å². The molecule has 0 atom stereocenters. The zero-order chi connectivity index (χ0) is 6.99. The molecule has 0 aromatic carbocycles.